The van der Waals surface area contributed by atoms with E-state index in [9.17, 15) is 4.79 Å². The first-order valence-electron chi connectivity index (χ1n) is 7.02. The summed E-state index contributed by atoms with van der Waals surface area (Å²) >= 11 is 7.74. The van der Waals surface area contributed by atoms with E-state index < -0.39 is 0 Å². The van der Waals surface area contributed by atoms with Crippen molar-refractivity contribution in [3.05, 3.63) is 69.4 Å². The van der Waals surface area contributed by atoms with Gasteiger partial charge < -0.3 is 4.90 Å². The van der Waals surface area contributed by atoms with Crippen molar-refractivity contribution >= 4 is 28.8 Å². The SMILES string of the molecule is Cn1ncc(Cl)c1C(=O)N(Cc1cccnc1)Cc1ccsc1. The number of thiophene rings is 1. The highest BCUT2D eigenvalue weighted by Crippen LogP contribution is 2.20. The minimum atomic E-state index is -0.148. The Balaban J connectivity index is 1.89. The van der Waals surface area contributed by atoms with Crippen LogP contribution >= 0.6 is 22.9 Å². The second kappa shape index (κ2) is 6.93. The lowest BCUT2D eigenvalue weighted by Gasteiger charge is -2.22. The predicted octanol–water partition coefficient (Wildman–Crippen LogP) is 3.37. The van der Waals surface area contributed by atoms with Crippen LogP contribution in [-0.4, -0.2) is 25.6 Å². The maximum absolute atomic E-state index is 12.9. The van der Waals surface area contributed by atoms with E-state index in [0.29, 0.717) is 23.8 Å². The van der Waals surface area contributed by atoms with Crippen molar-refractivity contribution in [1.82, 2.24) is 19.7 Å². The molecular weight excluding hydrogens is 332 g/mol. The molecule has 0 aliphatic rings. The molecule has 0 bridgehead atoms. The third-order valence-corrected chi connectivity index (χ3v) is 4.44. The number of amides is 1. The van der Waals surface area contributed by atoms with Gasteiger partial charge in [-0.05, 0) is 34.0 Å². The molecule has 0 unspecified atom stereocenters. The highest BCUT2D eigenvalue weighted by atomic mass is 35.5. The highest BCUT2D eigenvalue weighted by molar-refractivity contribution is 7.07. The molecular formula is C16H15ClN4OS. The first-order valence-corrected chi connectivity index (χ1v) is 8.34. The fraction of sp³-hybridized carbons (Fsp3) is 0.188. The number of hydrogen-bond donors (Lipinski definition) is 0. The minimum absolute atomic E-state index is 0.148. The number of carbonyl (C=O) groups is 1. The Hall–Kier alpha value is -2.18. The first kappa shape index (κ1) is 15.7. The molecule has 0 aromatic carbocycles. The standard InChI is InChI=1S/C16H15ClN4OS/c1-20-15(14(17)8-19-20)16(22)21(10-13-4-6-23-11-13)9-12-3-2-5-18-7-12/h2-8,11H,9-10H2,1H3. The van der Waals surface area contributed by atoms with Crippen molar-refractivity contribution in [3.63, 3.8) is 0 Å². The van der Waals surface area contributed by atoms with Crippen molar-refractivity contribution in [2.24, 2.45) is 7.05 Å². The Bertz CT molecular complexity index is 766. The number of hydrogen-bond acceptors (Lipinski definition) is 4. The predicted molar refractivity (Wildman–Crippen MR) is 90.4 cm³/mol. The van der Waals surface area contributed by atoms with Gasteiger partial charge >= 0.3 is 0 Å². The molecule has 0 aliphatic heterocycles. The third-order valence-electron chi connectivity index (χ3n) is 3.43. The van der Waals surface area contributed by atoms with Gasteiger partial charge in [-0.15, -0.1) is 0 Å². The number of carbonyl (C=O) groups excluding carboxylic acids is 1. The summed E-state index contributed by atoms with van der Waals surface area (Å²) in [4.78, 5) is 18.8. The van der Waals surface area contributed by atoms with Gasteiger partial charge in [0.2, 0.25) is 0 Å². The summed E-state index contributed by atoms with van der Waals surface area (Å²) in [5.41, 5.74) is 2.45. The van der Waals surface area contributed by atoms with Crippen molar-refractivity contribution < 1.29 is 4.79 Å². The summed E-state index contributed by atoms with van der Waals surface area (Å²) in [5, 5.41) is 8.45. The molecule has 7 heteroatoms. The van der Waals surface area contributed by atoms with E-state index in [4.69, 9.17) is 11.6 Å². The maximum Gasteiger partial charge on any atom is 0.274 e. The normalized spacial score (nSPS) is 10.7. The zero-order valence-corrected chi connectivity index (χ0v) is 14.1. The zero-order chi connectivity index (χ0) is 16.2. The summed E-state index contributed by atoms with van der Waals surface area (Å²) in [6.07, 6.45) is 4.97. The van der Waals surface area contributed by atoms with Crippen molar-refractivity contribution in [1.29, 1.82) is 0 Å². The van der Waals surface area contributed by atoms with Crippen LogP contribution in [0.25, 0.3) is 0 Å². The van der Waals surface area contributed by atoms with Gasteiger partial charge in [0, 0.05) is 32.5 Å². The van der Waals surface area contributed by atoms with Gasteiger partial charge in [0.05, 0.1) is 11.2 Å². The van der Waals surface area contributed by atoms with Crippen LogP contribution in [0, 0.1) is 0 Å². The van der Waals surface area contributed by atoms with E-state index in [1.165, 1.54) is 10.9 Å². The molecule has 0 aliphatic carbocycles. The largest absolute Gasteiger partial charge is 0.329 e. The van der Waals surface area contributed by atoms with Crippen LogP contribution in [0.2, 0.25) is 5.02 Å². The Labute approximate surface area is 143 Å². The van der Waals surface area contributed by atoms with Crippen molar-refractivity contribution in [2.45, 2.75) is 13.1 Å². The first-order chi connectivity index (χ1) is 11.1. The smallest absolute Gasteiger partial charge is 0.274 e. The van der Waals surface area contributed by atoms with Gasteiger partial charge in [-0.2, -0.15) is 16.4 Å². The monoisotopic (exact) mass is 346 g/mol. The number of nitrogens with zero attached hydrogens (tertiary/aromatic N) is 4. The summed E-state index contributed by atoms with van der Waals surface area (Å²) in [7, 11) is 1.71. The zero-order valence-electron chi connectivity index (χ0n) is 12.5. The lowest BCUT2D eigenvalue weighted by Crippen LogP contribution is -2.31. The molecule has 0 radical (unpaired) electrons. The van der Waals surface area contributed by atoms with Gasteiger partial charge in [0.1, 0.15) is 5.69 Å². The van der Waals surface area contributed by atoms with Crippen LogP contribution in [-0.2, 0) is 20.1 Å². The molecule has 0 saturated carbocycles. The van der Waals surface area contributed by atoms with Crippen LogP contribution in [0.4, 0.5) is 0 Å². The van der Waals surface area contributed by atoms with Crippen LogP contribution in [0.5, 0.6) is 0 Å². The Morgan fingerprint density at radius 3 is 2.74 bits per heavy atom. The molecule has 118 valence electrons. The molecule has 3 aromatic rings. The molecule has 0 saturated heterocycles. The lowest BCUT2D eigenvalue weighted by atomic mass is 10.2. The Morgan fingerprint density at radius 2 is 2.13 bits per heavy atom. The second-order valence-corrected chi connectivity index (χ2v) is 6.31. The Morgan fingerprint density at radius 1 is 1.30 bits per heavy atom. The van der Waals surface area contributed by atoms with E-state index in [2.05, 4.69) is 10.1 Å². The highest BCUT2D eigenvalue weighted by Gasteiger charge is 2.23. The van der Waals surface area contributed by atoms with E-state index in [1.54, 1.807) is 35.7 Å². The van der Waals surface area contributed by atoms with Gasteiger partial charge in [-0.25, -0.2) is 0 Å². The quantitative estimate of drug-likeness (QED) is 0.711. The number of halogens is 1. The number of rotatable bonds is 5. The van der Waals surface area contributed by atoms with Crippen LogP contribution in [0.15, 0.2) is 47.5 Å². The molecule has 0 atom stereocenters. The topological polar surface area (TPSA) is 51.0 Å². The van der Waals surface area contributed by atoms with Crippen LogP contribution in [0.1, 0.15) is 21.6 Å². The summed E-state index contributed by atoms with van der Waals surface area (Å²) in [5.74, 6) is -0.148. The molecule has 23 heavy (non-hydrogen) atoms. The third kappa shape index (κ3) is 3.60. The number of pyridine rings is 1. The average Bonchev–Trinajstić information content (AvgIpc) is 3.17. The fourth-order valence-corrected chi connectivity index (χ4v) is 3.22. The number of aromatic nitrogens is 3. The van der Waals surface area contributed by atoms with Gasteiger partial charge in [-0.1, -0.05) is 17.7 Å². The van der Waals surface area contributed by atoms with Gasteiger partial charge in [-0.3, -0.25) is 14.5 Å². The molecule has 0 spiro atoms. The fourth-order valence-electron chi connectivity index (χ4n) is 2.32. The number of aryl methyl sites for hydroxylation is 1. The molecule has 1 amide bonds. The molecule has 0 N–H and O–H groups in total. The van der Waals surface area contributed by atoms with Gasteiger partial charge in [0.25, 0.3) is 5.91 Å². The van der Waals surface area contributed by atoms with Crippen molar-refractivity contribution in [2.75, 3.05) is 0 Å². The summed E-state index contributed by atoms with van der Waals surface area (Å²) < 4.78 is 1.51. The van der Waals surface area contributed by atoms with Gasteiger partial charge in [0.15, 0.2) is 0 Å². The van der Waals surface area contributed by atoms with E-state index in [1.807, 2.05) is 29.0 Å². The average molecular weight is 347 g/mol. The van der Waals surface area contributed by atoms with Crippen molar-refractivity contribution in [3.8, 4) is 0 Å². The summed E-state index contributed by atoms with van der Waals surface area (Å²) in [6.45, 7) is 0.975. The molecule has 0 fully saturated rings. The second-order valence-electron chi connectivity index (χ2n) is 5.12. The van der Waals surface area contributed by atoms with E-state index in [0.717, 1.165) is 11.1 Å². The molecule has 3 rings (SSSR count). The molecule has 3 aromatic heterocycles. The van der Waals surface area contributed by atoms with E-state index in [-0.39, 0.29) is 5.91 Å². The molecule has 3 heterocycles. The van der Waals surface area contributed by atoms with Crippen LogP contribution < -0.4 is 0 Å². The molecule has 5 nitrogen and oxygen atoms in total. The maximum atomic E-state index is 12.9. The van der Waals surface area contributed by atoms with E-state index >= 15 is 0 Å². The Kier molecular flexibility index (Phi) is 4.73. The minimum Gasteiger partial charge on any atom is -0.329 e. The summed E-state index contributed by atoms with van der Waals surface area (Å²) in [6, 6.07) is 5.82. The van der Waals surface area contributed by atoms with Crippen LogP contribution in [0.3, 0.4) is 0 Å². The lowest BCUT2D eigenvalue weighted by molar-refractivity contribution is 0.0719.